The van der Waals surface area contributed by atoms with Crippen LogP contribution in [0.15, 0.2) is 133 Å². The number of hydrogen-bond acceptors (Lipinski definition) is 7. The largest absolute Gasteiger partial charge is 0.440 e. The Balaban J connectivity index is 1.36. The summed E-state index contributed by atoms with van der Waals surface area (Å²) in [5.74, 6) is 0.133. The molecule has 218 valence electrons. The lowest BCUT2D eigenvalue weighted by atomic mass is 10.1. The molecule has 4 aromatic rings. The first-order valence-electron chi connectivity index (χ1n) is 14.4. The van der Waals surface area contributed by atoms with Gasteiger partial charge in [0.1, 0.15) is 5.75 Å². The SMILES string of the molecule is CCCCC1=C(OCOC(=O)C=Cc2ccccc2)N(c2ccc(OC(=O)c3ccccc3)cc2)N(c2ccccc2)C1. The number of benzene rings is 4. The van der Waals surface area contributed by atoms with E-state index in [0.717, 1.165) is 41.8 Å². The Hall–Kier alpha value is -5.30. The Morgan fingerprint density at radius 1 is 0.791 bits per heavy atom. The van der Waals surface area contributed by atoms with E-state index in [-0.39, 0.29) is 6.79 Å². The summed E-state index contributed by atoms with van der Waals surface area (Å²) in [5.41, 5.74) is 4.27. The maximum Gasteiger partial charge on any atom is 0.343 e. The number of unbranched alkanes of at least 4 members (excludes halogenated alkanes) is 1. The first-order valence-corrected chi connectivity index (χ1v) is 14.4. The number of esters is 2. The molecule has 0 unspecified atom stereocenters. The number of nitrogens with zero attached hydrogens (tertiary/aromatic N) is 2. The molecule has 0 aromatic heterocycles. The summed E-state index contributed by atoms with van der Waals surface area (Å²) in [4.78, 5) is 25.0. The van der Waals surface area contributed by atoms with E-state index < -0.39 is 11.9 Å². The maximum atomic E-state index is 12.6. The first kappa shape index (κ1) is 29.2. The fourth-order valence-corrected chi connectivity index (χ4v) is 4.70. The van der Waals surface area contributed by atoms with Crippen molar-refractivity contribution in [1.82, 2.24) is 0 Å². The van der Waals surface area contributed by atoms with Crippen molar-refractivity contribution in [2.75, 3.05) is 23.4 Å². The first-order chi connectivity index (χ1) is 21.1. The van der Waals surface area contributed by atoms with Crippen LogP contribution in [0.25, 0.3) is 6.08 Å². The predicted octanol–water partition coefficient (Wildman–Crippen LogP) is 7.78. The maximum absolute atomic E-state index is 12.6. The number of hydrogen-bond donors (Lipinski definition) is 0. The number of para-hydroxylation sites is 1. The van der Waals surface area contributed by atoms with E-state index in [9.17, 15) is 9.59 Å². The molecule has 0 radical (unpaired) electrons. The van der Waals surface area contributed by atoms with Crippen LogP contribution in [0.2, 0.25) is 0 Å². The van der Waals surface area contributed by atoms with Crippen molar-refractivity contribution in [1.29, 1.82) is 0 Å². The van der Waals surface area contributed by atoms with Crippen LogP contribution in [0, 0.1) is 0 Å². The molecule has 0 fully saturated rings. The normalized spacial score (nSPS) is 13.0. The molecule has 7 nitrogen and oxygen atoms in total. The highest BCUT2D eigenvalue weighted by Crippen LogP contribution is 2.36. The average molecular weight is 575 g/mol. The van der Waals surface area contributed by atoms with Gasteiger partial charge in [0, 0.05) is 11.6 Å². The summed E-state index contributed by atoms with van der Waals surface area (Å²) in [6.07, 6.45) is 5.96. The molecule has 0 atom stereocenters. The smallest absolute Gasteiger partial charge is 0.343 e. The van der Waals surface area contributed by atoms with Crippen LogP contribution in [-0.2, 0) is 14.3 Å². The second-order valence-electron chi connectivity index (χ2n) is 9.94. The zero-order chi connectivity index (χ0) is 29.9. The van der Waals surface area contributed by atoms with Crippen molar-refractivity contribution >= 4 is 29.4 Å². The van der Waals surface area contributed by atoms with Gasteiger partial charge in [0.05, 0.1) is 23.5 Å². The van der Waals surface area contributed by atoms with Gasteiger partial charge < -0.3 is 14.2 Å². The van der Waals surface area contributed by atoms with E-state index in [0.29, 0.717) is 23.7 Å². The van der Waals surface area contributed by atoms with E-state index in [4.69, 9.17) is 14.2 Å². The van der Waals surface area contributed by atoms with Crippen molar-refractivity contribution in [3.05, 3.63) is 144 Å². The van der Waals surface area contributed by atoms with Crippen LogP contribution in [0.3, 0.4) is 0 Å². The highest BCUT2D eigenvalue weighted by atomic mass is 16.7. The third kappa shape index (κ3) is 7.71. The highest BCUT2D eigenvalue weighted by Gasteiger charge is 2.33. The Morgan fingerprint density at radius 2 is 1.44 bits per heavy atom. The van der Waals surface area contributed by atoms with E-state index in [1.807, 2.05) is 83.9 Å². The van der Waals surface area contributed by atoms with Crippen LogP contribution in [-0.4, -0.2) is 25.3 Å². The van der Waals surface area contributed by atoms with Crippen LogP contribution >= 0.6 is 0 Å². The van der Waals surface area contributed by atoms with Crippen molar-refractivity contribution in [2.45, 2.75) is 26.2 Å². The summed E-state index contributed by atoms with van der Waals surface area (Å²) in [6, 6.07) is 35.8. The number of carbonyl (C=O) groups excluding carboxylic acids is 2. The molecule has 1 aliphatic heterocycles. The fraction of sp³-hybridized carbons (Fsp3) is 0.167. The fourth-order valence-electron chi connectivity index (χ4n) is 4.70. The standard InChI is InChI=1S/C36H34N2O5/c1-2-3-15-30-26-37(31-18-11-6-12-19-31)38(35(30)42-27-41-34(39)25-20-28-13-7-4-8-14-28)32-21-23-33(24-22-32)43-36(40)29-16-9-5-10-17-29/h4-14,16-25H,2-3,15,26-27H2,1H3. The molecule has 0 bridgehead atoms. The minimum Gasteiger partial charge on any atom is -0.440 e. The lowest BCUT2D eigenvalue weighted by Crippen LogP contribution is -2.38. The monoisotopic (exact) mass is 574 g/mol. The molecule has 0 amide bonds. The minimum atomic E-state index is -0.492. The summed E-state index contributed by atoms with van der Waals surface area (Å²) in [6.45, 7) is 2.53. The quantitative estimate of drug-likeness (QED) is 0.0741. The third-order valence-electron chi connectivity index (χ3n) is 6.87. The van der Waals surface area contributed by atoms with E-state index >= 15 is 0 Å². The molecule has 1 heterocycles. The van der Waals surface area contributed by atoms with Gasteiger partial charge in [0.15, 0.2) is 0 Å². The highest BCUT2D eigenvalue weighted by molar-refractivity contribution is 5.91. The number of ether oxygens (including phenoxy) is 3. The Labute approximate surface area is 252 Å². The van der Waals surface area contributed by atoms with Gasteiger partial charge in [0.2, 0.25) is 12.7 Å². The molecule has 7 heteroatoms. The van der Waals surface area contributed by atoms with Gasteiger partial charge >= 0.3 is 11.9 Å². The molecule has 1 aliphatic rings. The van der Waals surface area contributed by atoms with Gasteiger partial charge in [-0.25, -0.2) is 14.6 Å². The Kier molecular flexibility index (Phi) is 9.88. The van der Waals surface area contributed by atoms with Crippen LogP contribution in [0.4, 0.5) is 11.4 Å². The van der Waals surface area contributed by atoms with Crippen LogP contribution in [0.1, 0.15) is 42.1 Å². The molecule has 5 rings (SSSR count). The lowest BCUT2D eigenvalue weighted by Gasteiger charge is -2.33. The molecular formula is C36H34N2O5. The van der Waals surface area contributed by atoms with Gasteiger partial charge in [-0.3, -0.25) is 5.01 Å². The molecule has 4 aromatic carbocycles. The number of carbonyl (C=O) groups is 2. The zero-order valence-electron chi connectivity index (χ0n) is 24.1. The van der Waals surface area contributed by atoms with Crippen molar-refractivity contribution in [2.24, 2.45) is 0 Å². The summed E-state index contributed by atoms with van der Waals surface area (Å²) in [7, 11) is 0. The molecule has 0 saturated carbocycles. The molecular weight excluding hydrogens is 540 g/mol. The summed E-state index contributed by atoms with van der Waals surface area (Å²) < 4.78 is 17.2. The Morgan fingerprint density at radius 3 is 2.12 bits per heavy atom. The molecule has 0 aliphatic carbocycles. The van der Waals surface area contributed by atoms with Crippen molar-refractivity contribution in [3.8, 4) is 5.75 Å². The van der Waals surface area contributed by atoms with Gasteiger partial charge in [-0.15, -0.1) is 0 Å². The van der Waals surface area contributed by atoms with Gasteiger partial charge in [-0.05, 0) is 73.0 Å². The second kappa shape index (κ2) is 14.5. The molecule has 43 heavy (non-hydrogen) atoms. The summed E-state index contributed by atoms with van der Waals surface area (Å²) in [5, 5.41) is 4.11. The van der Waals surface area contributed by atoms with Crippen LogP contribution in [0.5, 0.6) is 5.75 Å². The van der Waals surface area contributed by atoms with E-state index in [1.54, 1.807) is 42.5 Å². The van der Waals surface area contributed by atoms with Gasteiger partial charge in [-0.2, -0.15) is 0 Å². The average Bonchev–Trinajstić information content (AvgIpc) is 3.42. The number of hydrazine groups is 1. The third-order valence-corrected chi connectivity index (χ3v) is 6.87. The lowest BCUT2D eigenvalue weighted by molar-refractivity contribution is -0.147. The van der Waals surface area contributed by atoms with Gasteiger partial charge in [0.25, 0.3) is 0 Å². The predicted molar refractivity (Wildman–Crippen MR) is 168 cm³/mol. The summed E-state index contributed by atoms with van der Waals surface area (Å²) >= 11 is 0. The zero-order valence-corrected chi connectivity index (χ0v) is 24.1. The minimum absolute atomic E-state index is 0.241. The van der Waals surface area contributed by atoms with Gasteiger partial charge in [-0.1, -0.05) is 80.1 Å². The van der Waals surface area contributed by atoms with E-state index in [1.165, 1.54) is 6.08 Å². The molecule has 0 N–H and O–H groups in total. The molecule has 0 spiro atoms. The van der Waals surface area contributed by atoms with E-state index in [2.05, 4.69) is 11.9 Å². The second-order valence-corrected chi connectivity index (χ2v) is 9.94. The topological polar surface area (TPSA) is 68.3 Å². The number of anilines is 2. The van der Waals surface area contributed by atoms with Crippen LogP contribution < -0.4 is 14.8 Å². The Bertz CT molecular complexity index is 1550. The van der Waals surface area contributed by atoms with Crippen molar-refractivity contribution < 1.29 is 23.8 Å². The number of rotatable bonds is 12. The van der Waals surface area contributed by atoms with Crippen molar-refractivity contribution in [3.63, 3.8) is 0 Å². The molecule has 0 saturated heterocycles.